The summed E-state index contributed by atoms with van der Waals surface area (Å²) in [4.78, 5) is 25.5. The van der Waals surface area contributed by atoms with Gasteiger partial charge in [-0.3, -0.25) is 14.5 Å². The first-order chi connectivity index (χ1) is 9.87. The fourth-order valence-corrected chi connectivity index (χ4v) is 4.60. The number of hydrogen-bond donors (Lipinski definition) is 2. The molecule has 0 bridgehead atoms. The molecular formula is C13H23N3O4S. The molecule has 2 fully saturated rings. The van der Waals surface area contributed by atoms with Gasteiger partial charge in [0.05, 0.1) is 18.1 Å². The second-order valence-electron chi connectivity index (χ2n) is 5.88. The van der Waals surface area contributed by atoms with Crippen molar-refractivity contribution >= 4 is 21.7 Å². The second-order valence-corrected chi connectivity index (χ2v) is 8.11. The Labute approximate surface area is 125 Å². The molecule has 7 nitrogen and oxygen atoms in total. The lowest BCUT2D eigenvalue weighted by atomic mass is 10.1. The number of sulfone groups is 1. The van der Waals surface area contributed by atoms with Gasteiger partial charge in [-0.2, -0.15) is 0 Å². The number of hydrogen-bond acceptors (Lipinski definition) is 5. The van der Waals surface area contributed by atoms with E-state index in [1.54, 1.807) is 11.9 Å². The Morgan fingerprint density at radius 1 is 1.38 bits per heavy atom. The van der Waals surface area contributed by atoms with E-state index in [1.165, 1.54) is 0 Å². The number of carbonyl (C=O) groups excluding carboxylic acids is 2. The monoisotopic (exact) mass is 317 g/mol. The third-order valence-corrected chi connectivity index (χ3v) is 5.85. The molecular weight excluding hydrogens is 294 g/mol. The van der Waals surface area contributed by atoms with E-state index in [0.29, 0.717) is 19.4 Å². The quantitative estimate of drug-likeness (QED) is 0.685. The van der Waals surface area contributed by atoms with Crippen LogP contribution in [0.1, 0.15) is 25.7 Å². The van der Waals surface area contributed by atoms with Crippen LogP contribution in [0.3, 0.4) is 0 Å². The molecule has 0 aliphatic carbocycles. The highest BCUT2D eigenvalue weighted by molar-refractivity contribution is 7.91. The van der Waals surface area contributed by atoms with Crippen molar-refractivity contribution in [3.8, 4) is 0 Å². The molecule has 2 rings (SSSR count). The fourth-order valence-electron chi connectivity index (χ4n) is 2.80. The predicted molar refractivity (Wildman–Crippen MR) is 78.5 cm³/mol. The molecule has 0 aromatic heterocycles. The van der Waals surface area contributed by atoms with Crippen LogP contribution >= 0.6 is 0 Å². The average Bonchev–Trinajstić information content (AvgIpc) is 2.65. The molecule has 0 saturated carbocycles. The Kier molecular flexibility index (Phi) is 5.21. The van der Waals surface area contributed by atoms with Gasteiger partial charge in [0.15, 0.2) is 9.84 Å². The zero-order valence-corrected chi connectivity index (χ0v) is 13.1. The van der Waals surface area contributed by atoms with Gasteiger partial charge in [0.1, 0.15) is 6.04 Å². The summed E-state index contributed by atoms with van der Waals surface area (Å²) in [5, 5.41) is 5.51. The van der Waals surface area contributed by atoms with Gasteiger partial charge in [-0.15, -0.1) is 0 Å². The van der Waals surface area contributed by atoms with E-state index in [-0.39, 0.29) is 35.9 Å². The summed E-state index contributed by atoms with van der Waals surface area (Å²) < 4.78 is 22.9. The van der Waals surface area contributed by atoms with Crippen molar-refractivity contribution in [2.24, 2.45) is 0 Å². The Morgan fingerprint density at radius 2 is 2.14 bits per heavy atom. The van der Waals surface area contributed by atoms with Crippen molar-refractivity contribution in [1.82, 2.24) is 15.5 Å². The van der Waals surface area contributed by atoms with Crippen molar-refractivity contribution in [2.45, 2.75) is 37.8 Å². The highest BCUT2D eigenvalue weighted by atomic mass is 32.2. The summed E-state index contributed by atoms with van der Waals surface area (Å²) in [6.07, 6.45) is 3.05. The smallest absolute Gasteiger partial charge is 0.242 e. The molecule has 0 unspecified atom stereocenters. The lowest BCUT2D eigenvalue weighted by molar-refractivity contribution is -0.129. The summed E-state index contributed by atoms with van der Waals surface area (Å²) in [5.41, 5.74) is 0. The van der Waals surface area contributed by atoms with Gasteiger partial charge in [-0.1, -0.05) is 0 Å². The second kappa shape index (κ2) is 6.74. The molecule has 2 heterocycles. The van der Waals surface area contributed by atoms with Gasteiger partial charge in [0.25, 0.3) is 0 Å². The van der Waals surface area contributed by atoms with Crippen LogP contribution in [0, 0.1) is 0 Å². The third kappa shape index (κ3) is 4.67. The van der Waals surface area contributed by atoms with Crippen LogP contribution in [0.15, 0.2) is 0 Å². The fraction of sp³-hybridized carbons (Fsp3) is 0.846. The molecule has 0 aromatic rings. The van der Waals surface area contributed by atoms with Crippen molar-refractivity contribution in [3.05, 3.63) is 0 Å². The van der Waals surface area contributed by atoms with E-state index < -0.39 is 15.9 Å². The molecule has 21 heavy (non-hydrogen) atoms. The van der Waals surface area contributed by atoms with Crippen molar-refractivity contribution in [3.63, 3.8) is 0 Å². The van der Waals surface area contributed by atoms with Gasteiger partial charge in [-0.05, 0) is 32.7 Å². The van der Waals surface area contributed by atoms with Crippen molar-refractivity contribution in [1.29, 1.82) is 0 Å². The average molecular weight is 317 g/mol. The summed E-state index contributed by atoms with van der Waals surface area (Å²) in [7, 11) is -1.21. The van der Waals surface area contributed by atoms with Crippen LogP contribution < -0.4 is 10.6 Å². The molecule has 0 spiro atoms. The zero-order chi connectivity index (χ0) is 15.5. The van der Waals surface area contributed by atoms with E-state index in [2.05, 4.69) is 10.6 Å². The molecule has 0 radical (unpaired) electrons. The minimum Gasteiger partial charge on any atom is -0.354 e. The Balaban J connectivity index is 1.82. The maximum absolute atomic E-state index is 12.0. The summed E-state index contributed by atoms with van der Waals surface area (Å²) >= 11 is 0. The van der Waals surface area contributed by atoms with Gasteiger partial charge >= 0.3 is 0 Å². The molecule has 8 heteroatoms. The normalized spacial score (nSPS) is 29.0. The molecule has 2 aliphatic heterocycles. The lowest BCUT2D eigenvalue weighted by Gasteiger charge is -2.23. The minimum absolute atomic E-state index is 0.108. The Morgan fingerprint density at radius 3 is 2.81 bits per heavy atom. The Bertz CT molecular complexity index is 506. The van der Waals surface area contributed by atoms with Gasteiger partial charge in [0.2, 0.25) is 11.8 Å². The first-order valence-electron chi connectivity index (χ1n) is 7.35. The number of likely N-dealkylation sites (N-methyl/N-ethyl adjacent to an activating group) is 1. The largest absolute Gasteiger partial charge is 0.354 e. The molecule has 2 atom stereocenters. The maximum Gasteiger partial charge on any atom is 0.242 e. The van der Waals surface area contributed by atoms with E-state index in [4.69, 9.17) is 0 Å². The van der Waals surface area contributed by atoms with Crippen LogP contribution in [0.4, 0.5) is 0 Å². The first-order valence-corrected chi connectivity index (χ1v) is 9.17. The van der Waals surface area contributed by atoms with E-state index in [9.17, 15) is 18.0 Å². The number of rotatable bonds is 4. The SMILES string of the molecule is CN(CC(=O)N[C@@H]1CCCCNC1=O)[C@H]1CCS(=O)(=O)C1. The topological polar surface area (TPSA) is 95.6 Å². The van der Waals surface area contributed by atoms with Crippen molar-refractivity contribution < 1.29 is 18.0 Å². The molecule has 2 N–H and O–H groups in total. The van der Waals surface area contributed by atoms with Crippen molar-refractivity contribution in [2.75, 3.05) is 31.6 Å². The van der Waals surface area contributed by atoms with Crippen LogP contribution in [-0.2, 0) is 19.4 Å². The van der Waals surface area contributed by atoms with E-state index in [1.807, 2.05) is 0 Å². The molecule has 0 aromatic carbocycles. The molecule has 2 amide bonds. The standard InChI is InChI=1S/C13H23N3O4S/c1-16(10-5-7-21(19,20)9-10)8-12(17)15-11-4-2-3-6-14-13(11)18/h10-11H,2-9H2,1H3,(H,14,18)(H,15,17)/t10-,11+/m0/s1. The highest BCUT2D eigenvalue weighted by Gasteiger charge is 2.31. The van der Waals surface area contributed by atoms with Crippen LogP contribution in [0.25, 0.3) is 0 Å². The predicted octanol–water partition coefficient (Wildman–Crippen LogP) is -1.11. The first kappa shape index (κ1) is 16.2. The molecule has 120 valence electrons. The van der Waals surface area contributed by atoms with Crippen LogP contribution in [-0.4, -0.2) is 68.9 Å². The van der Waals surface area contributed by atoms with E-state index >= 15 is 0 Å². The third-order valence-electron chi connectivity index (χ3n) is 4.10. The molecule has 2 saturated heterocycles. The number of nitrogens with zero attached hydrogens (tertiary/aromatic N) is 1. The van der Waals surface area contributed by atoms with Crippen LogP contribution in [0.2, 0.25) is 0 Å². The lowest BCUT2D eigenvalue weighted by Crippen LogP contribution is -2.49. The number of nitrogens with one attached hydrogen (secondary N) is 2. The van der Waals surface area contributed by atoms with Crippen LogP contribution in [0.5, 0.6) is 0 Å². The zero-order valence-electron chi connectivity index (χ0n) is 12.3. The molecule has 2 aliphatic rings. The summed E-state index contributed by atoms with van der Waals surface area (Å²) in [5.74, 6) is -0.0641. The number of carbonyl (C=O) groups is 2. The van der Waals surface area contributed by atoms with E-state index in [0.717, 1.165) is 12.8 Å². The van der Waals surface area contributed by atoms with Gasteiger partial charge in [-0.25, -0.2) is 8.42 Å². The summed E-state index contributed by atoms with van der Waals surface area (Å²) in [6, 6.07) is -0.579. The van der Waals surface area contributed by atoms with Gasteiger partial charge in [0, 0.05) is 12.6 Å². The summed E-state index contributed by atoms with van der Waals surface area (Å²) in [6.45, 7) is 0.773. The highest BCUT2D eigenvalue weighted by Crippen LogP contribution is 2.16. The van der Waals surface area contributed by atoms with Gasteiger partial charge < -0.3 is 10.6 Å². The maximum atomic E-state index is 12.0. The number of amides is 2. The Hall–Kier alpha value is -1.15. The minimum atomic E-state index is -2.95.